The van der Waals surface area contributed by atoms with Crippen LogP contribution in [0.15, 0.2) is 18.5 Å². The van der Waals surface area contributed by atoms with E-state index in [2.05, 4.69) is 28.9 Å². The van der Waals surface area contributed by atoms with Gasteiger partial charge >= 0.3 is 0 Å². The molecule has 0 aromatic carbocycles. The van der Waals surface area contributed by atoms with E-state index >= 15 is 0 Å². The molecule has 74 valence electrons. The lowest BCUT2D eigenvalue weighted by molar-refractivity contribution is 0.409. The molecule has 0 radical (unpaired) electrons. The minimum absolute atomic E-state index is 0.736. The number of hydrogen-bond acceptors (Lipinski definition) is 1. The van der Waals surface area contributed by atoms with Crippen molar-refractivity contribution < 1.29 is 0 Å². The van der Waals surface area contributed by atoms with Crippen molar-refractivity contribution in [2.75, 3.05) is 0 Å². The molecular weight excluding hydrogens is 174 g/mol. The van der Waals surface area contributed by atoms with Crippen LogP contribution in [-0.4, -0.2) is 14.2 Å². The molecule has 0 amide bonds. The molecule has 0 N–H and O–H groups in total. The largest absolute Gasteiger partial charge is 0.332 e. The monoisotopic (exact) mass is 189 g/mol. The summed E-state index contributed by atoms with van der Waals surface area (Å²) in [7, 11) is 0. The summed E-state index contributed by atoms with van der Waals surface area (Å²) in [5.41, 5.74) is 2.52. The standard InChI is InChI=1S/C11H15N3/c1-2-13-6-7-14-11(13)8-10(12-14)9-4-3-5-9/h6-9H,2-5H2,1H3. The van der Waals surface area contributed by atoms with Crippen LogP contribution in [0.2, 0.25) is 0 Å². The fourth-order valence-electron chi connectivity index (χ4n) is 2.12. The summed E-state index contributed by atoms with van der Waals surface area (Å²) in [4.78, 5) is 0. The molecule has 2 aromatic rings. The van der Waals surface area contributed by atoms with E-state index in [-0.39, 0.29) is 0 Å². The van der Waals surface area contributed by atoms with Gasteiger partial charge in [-0.25, -0.2) is 4.52 Å². The molecule has 0 spiro atoms. The molecule has 0 unspecified atom stereocenters. The zero-order chi connectivity index (χ0) is 9.54. The van der Waals surface area contributed by atoms with E-state index in [1.165, 1.54) is 30.6 Å². The summed E-state index contributed by atoms with van der Waals surface area (Å²) in [5.74, 6) is 0.736. The van der Waals surface area contributed by atoms with E-state index in [1.54, 1.807) is 0 Å². The number of hydrogen-bond donors (Lipinski definition) is 0. The maximum absolute atomic E-state index is 4.60. The third-order valence-electron chi connectivity index (χ3n) is 3.28. The van der Waals surface area contributed by atoms with Gasteiger partial charge < -0.3 is 4.57 Å². The average Bonchev–Trinajstić information content (AvgIpc) is 2.59. The van der Waals surface area contributed by atoms with Crippen molar-refractivity contribution in [1.82, 2.24) is 14.2 Å². The minimum Gasteiger partial charge on any atom is -0.332 e. The van der Waals surface area contributed by atoms with Crippen LogP contribution < -0.4 is 0 Å². The molecule has 0 aliphatic heterocycles. The van der Waals surface area contributed by atoms with Crippen LogP contribution in [0.5, 0.6) is 0 Å². The van der Waals surface area contributed by atoms with Gasteiger partial charge in [0.15, 0.2) is 0 Å². The lowest BCUT2D eigenvalue weighted by Crippen LogP contribution is -2.09. The highest BCUT2D eigenvalue weighted by Crippen LogP contribution is 2.35. The number of rotatable bonds is 2. The van der Waals surface area contributed by atoms with Gasteiger partial charge in [-0.3, -0.25) is 0 Å². The Hall–Kier alpha value is -1.25. The van der Waals surface area contributed by atoms with Crippen molar-refractivity contribution in [1.29, 1.82) is 0 Å². The second-order valence-electron chi connectivity index (χ2n) is 4.08. The minimum atomic E-state index is 0.736. The van der Waals surface area contributed by atoms with Crippen molar-refractivity contribution >= 4 is 5.65 Å². The quantitative estimate of drug-likeness (QED) is 0.711. The molecule has 0 atom stereocenters. The van der Waals surface area contributed by atoms with Gasteiger partial charge in [-0.1, -0.05) is 6.42 Å². The van der Waals surface area contributed by atoms with E-state index < -0.39 is 0 Å². The second kappa shape index (κ2) is 2.87. The number of aromatic nitrogens is 3. The topological polar surface area (TPSA) is 22.2 Å². The summed E-state index contributed by atoms with van der Waals surface area (Å²) >= 11 is 0. The molecule has 0 saturated heterocycles. The maximum atomic E-state index is 4.60. The third-order valence-corrected chi connectivity index (χ3v) is 3.28. The van der Waals surface area contributed by atoms with Crippen LogP contribution in [0.1, 0.15) is 37.8 Å². The third kappa shape index (κ3) is 1.01. The van der Waals surface area contributed by atoms with Gasteiger partial charge in [-0.05, 0) is 19.8 Å². The second-order valence-corrected chi connectivity index (χ2v) is 4.08. The van der Waals surface area contributed by atoms with Crippen LogP contribution in [0.4, 0.5) is 0 Å². The fourth-order valence-corrected chi connectivity index (χ4v) is 2.12. The zero-order valence-corrected chi connectivity index (χ0v) is 8.48. The molecule has 2 aromatic heterocycles. The molecule has 3 rings (SSSR count). The van der Waals surface area contributed by atoms with Gasteiger partial charge in [-0.2, -0.15) is 5.10 Å². The van der Waals surface area contributed by atoms with Gasteiger partial charge in [0.1, 0.15) is 5.65 Å². The highest BCUT2D eigenvalue weighted by molar-refractivity contribution is 5.42. The molecule has 1 aliphatic carbocycles. The molecule has 3 nitrogen and oxygen atoms in total. The molecule has 1 fully saturated rings. The molecular formula is C11H15N3. The van der Waals surface area contributed by atoms with Crippen LogP contribution in [0.3, 0.4) is 0 Å². The average molecular weight is 189 g/mol. The van der Waals surface area contributed by atoms with E-state index in [1.807, 2.05) is 10.7 Å². The van der Waals surface area contributed by atoms with Gasteiger partial charge in [-0.15, -0.1) is 0 Å². The van der Waals surface area contributed by atoms with Crippen LogP contribution in [0, 0.1) is 0 Å². The van der Waals surface area contributed by atoms with Crippen molar-refractivity contribution in [3.8, 4) is 0 Å². The van der Waals surface area contributed by atoms with Crippen LogP contribution >= 0.6 is 0 Å². The summed E-state index contributed by atoms with van der Waals surface area (Å²) in [6, 6.07) is 2.24. The number of nitrogens with zero attached hydrogens (tertiary/aromatic N) is 3. The summed E-state index contributed by atoms with van der Waals surface area (Å²) in [6.07, 6.45) is 8.16. The first-order valence-electron chi connectivity index (χ1n) is 5.43. The summed E-state index contributed by atoms with van der Waals surface area (Å²) in [5, 5.41) is 4.60. The van der Waals surface area contributed by atoms with Crippen LogP contribution in [0.25, 0.3) is 5.65 Å². The Labute approximate surface area is 83.3 Å². The van der Waals surface area contributed by atoms with Gasteiger partial charge in [0.2, 0.25) is 0 Å². The lowest BCUT2D eigenvalue weighted by atomic mass is 9.83. The Morgan fingerprint density at radius 1 is 1.43 bits per heavy atom. The Morgan fingerprint density at radius 2 is 2.29 bits per heavy atom. The predicted molar refractivity (Wildman–Crippen MR) is 55.4 cm³/mol. The van der Waals surface area contributed by atoms with Crippen molar-refractivity contribution in [2.45, 2.75) is 38.6 Å². The van der Waals surface area contributed by atoms with Crippen molar-refractivity contribution in [3.63, 3.8) is 0 Å². The first kappa shape index (κ1) is 8.09. The number of imidazole rings is 1. The van der Waals surface area contributed by atoms with E-state index in [9.17, 15) is 0 Å². The van der Waals surface area contributed by atoms with Gasteiger partial charge in [0, 0.05) is 30.9 Å². The molecule has 0 bridgehead atoms. The number of fused-ring (bicyclic) bond motifs is 1. The van der Waals surface area contributed by atoms with Crippen LogP contribution in [-0.2, 0) is 6.54 Å². The molecule has 3 heteroatoms. The highest BCUT2D eigenvalue weighted by Gasteiger charge is 2.22. The van der Waals surface area contributed by atoms with Gasteiger partial charge in [0.05, 0.1) is 5.69 Å². The van der Waals surface area contributed by atoms with E-state index in [4.69, 9.17) is 0 Å². The summed E-state index contributed by atoms with van der Waals surface area (Å²) in [6.45, 7) is 3.18. The predicted octanol–water partition coefficient (Wildman–Crippen LogP) is 2.42. The molecule has 14 heavy (non-hydrogen) atoms. The first-order chi connectivity index (χ1) is 6.88. The lowest BCUT2D eigenvalue weighted by Gasteiger charge is -2.22. The zero-order valence-electron chi connectivity index (χ0n) is 8.48. The smallest absolute Gasteiger partial charge is 0.135 e. The van der Waals surface area contributed by atoms with Gasteiger partial charge in [0.25, 0.3) is 0 Å². The Morgan fingerprint density at radius 3 is 2.93 bits per heavy atom. The number of aryl methyl sites for hydroxylation is 1. The van der Waals surface area contributed by atoms with Crippen molar-refractivity contribution in [3.05, 3.63) is 24.2 Å². The summed E-state index contributed by atoms with van der Waals surface area (Å²) < 4.78 is 4.23. The highest BCUT2D eigenvalue weighted by atomic mass is 15.3. The fraction of sp³-hybridized carbons (Fsp3) is 0.545. The molecule has 1 saturated carbocycles. The normalized spacial score (nSPS) is 17.5. The Kier molecular flexibility index (Phi) is 1.66. The van der Waals surface area contributed by atoms with Crippen molar-refractivity contribution in [2.24, 2.45) is 0 Å². The molecule has 1 aliphatic rings. The molecule has 2 heterocycles. The van der Waals surface area contributed by atoms with E-state index in [0.717, 1.165) is 12.5 Å². The Bertz CT molecular complexity index is 448. The maximum Gasteiger partial charge on any atom is 0.135 e. The SMILES string of the molecule is CCn1ccn2nc(C3CCC3)cc12. The Balaban J connectivity index is 2.06. The van der Waals surface area contributed by atoms with E-state index in [0.29, 0.717) is 0 Å². The first-order valence-corrected chi connectivity index (χ1v) is 5.43.